The number of rotatable bonds is 1. The average Bonchev–Trinajstić information content (AvgIpc) is 2.15. The molecule has 0 radical (unpaired) electrons. The predicted molar refractivity (Wildman–Crippen MR) is 48.5 cm³/mol. The summed E-state index contributed by atoms with van der Waals surface area (Å²) in [4.78, 5) is 7.91. The highest BCUT2D eigenvalue weighted by Gasteiger charge is 1.92. The number of aliphatic hydroxyl groups is 1. The van der Waals surface area contributed by atoms with E-state index in [0.29, 0.717) is 17.9 Å². The fraction of sp³-hybridized carbons (Fsp3) is 0.333. The maximum atomic E-state index is 8.88. The third-order valence-electron chi connectivity index (χ3n) is 1.31. The molecule has 0 unspecified atom stereocenters. The molecule has 0 amide bonds. The Bertz CT molecular complexity index is 321. The van der Waals surface area contributed by atoms with Crippen LogP contribution in [0.4, 0.5) is 0 Å². The third kappa shape index (κ3) is 3.20. The van der Waals surface area contributed by atoms with Gasteiger partial charge in [0.25, 0.3) is 0 Å². The van der Waals surface area contributed by atoms with Crippen molar-refractivity contribution in [3.63, 3.8) is 0 Å². The molecule has 4 nitrogen and oxygen atoms in total. The lowest BCUT2D eigenvalue weighted by Gasteiger charge is -1.93. The van der Waals surface area contributed by atoms with Gasteiger partial charge in [0.05, 0.1) is 12.1 Å². The predicted octanol–water partition coefficient (Wildman–Crippen LogP) is -0.332. The van der Waals surface area contributed by atoms with E-state index in [1.807, 2.05) is 0 Å². The second-order valence-electron chi connectivity index (χ2n) is 2.54. The fourth-order valence-electron chi connectivity index (χ4n) is 0.713. The molecule has 0 aromatic carbocycles. The van der Waals surface area contributed by atoms with Gasteiger partial charge in [-0.2, -0.15) is 0 Å². The SMILES string of the molecule is C[C@@H](O)C#Cc1cnc(CN)nc1. The largest absolute Gasteiger partial charge is 0.381 e. The van der Waals surface area contributed by atoms with E-state index < -0.39 is 6.10 Å². The summed E-state index contributed by atoms with van der Waals surface area (Å²) < 4.78 is 0. The van der Waals surface area contributed by atoms with Crippen molar-refractivity contribution in [1.29, 1.82) is 0 Å². The van der Waals surface area contributed by atoms with Crippen LogP contribution in [0.5, 0.6) is 0 Å². The number of aliphatic hydroxyl groups excluding tert-OH is 1. The summed E-state index contributed by atoms with van der Waals surface area (Å²) in [6.45, 7) is 1.92. The van der Waals surface area contributed by atoms with Gasteiger partial charge in [-0.1, -0.05) is 11.8 Å². The van der Waals surface area contributed by atoms with Gasteiger partial charge in [-0.05, 0) is 6.92 Å². The summed E-state index contributed by atoms with van der Waals surface area (Å²) in [5.74, 6) is 5.91. The summed E-state index contributed by atoms with van der Waals surface area (Å²) in [6.07, 6.45) is 2.55. The van der Waals surface area contributed by atoms with Crippen molar-refractivity contribution >= 4 is 0 Å². The van der Waals surface area contributed by atoms with E-state index in [2.05, 4.69) is 21.8 Å². The molecule has 0 fully saturated rings. The molecule has 0 aliphatic rings. The Morgan fingerprint density at radius 2 is 2.15 bits per heavy atom. The molecule has 0 bridgehead atoms. The lowest BCUT2D eigenvalue weighted by atomic mass is 10.3. The van der Waals surface area contributed by atoms with E-state index in [1.54, 1.807) is 19.3 Å². The Morgan fingerprint density at radius 3 is 2.62 bits per heavy atom. The maximum Gasteiger partial charge on any atom is 0.141 e. The minimum absolute atomic E-state index is 0.324. The molecule has 13 heavy (non-hydrogen) atoms. The van der Waals surface area contributed by atoms with Crippen LogP contribution in [0.3, 0.4) is 0 Å². The highest BCUT2D eigenvalue weighted by molar-refractivity contribution is 5.30. The maximum absolute atomic E-state index is 8.88. The fourth-order valence-corrected chi connectivity index (χ4v) is 0.713. The summed E-state index contributed by atoms with van der Waals surface area (Å²) in [7, 11) is 0. The van der Waals surface area contributed by atoms with Crippen molar-refractivity contribution in [3.05, 3.63) is 23.8 Å². The van der Waals surface area contributed by atoms with Crippen molar-refractivity contribution in [3.8, 4) is 11.8 Å². The summed E-state index contributed by atoms with van der Waals surface area (Å²) >= 11 is 0. The minimum atomic E-state index is -0.630. The first-order chi connectivity index (χ1) is 6.22. The Kier molecular flexibility index (Phi) is 3.38. The van der Waals surface area contributed by atoms with Crippen LogP contribution in [0.25, 0.3) is 0 Å². The molecule has 4 heteroatoms. The lowest BCUT2D eigenvalue weighted by molar-refractivity contribution is 0.253. The van der Waals surface area contributed by atoms with Crippen LogP contribution < -0.4 is 5.73 Å². The second kappa shape index (κ2) is 4.55. The van der Waals surface area contributed by atoms with Crippen molar-refractivity contribution in [2.24, 2.45) is 5.73 Å². The van der Waals surface area contributed by atoms with Crippen LogP contribution in [0.15, 0.2) is 12.4 Å². The number of hydrogen-bond acceptors (Lipinski definition) is 4. The van der Waals surface area contributed by atoms with Gasteiger partial charge in [0.15, 0.2) is 0 Å². The van der Waals surface area contributed by atoms with E-state index in [4.69, 9.17) is 10.8 Å². The molecule has 1 aromatic rings. The van der Waals surface area contributed by atoms with Crippen LogP contribution in [-0.4, -0.2) is 21.2 Å². The van der Waals surface area contributed by atoms with Crippen molar-refractivity contribution in [2.75, 3.05) is 0 Å². The van der Waals surface area contributed by atoms with Gasteiger partial charge in [0.2, 0.25) is 0 Å². The van der Waals surface area contributed by atoms with E-state index in [-0.39, 0.29) is 0 Å². The minimum Gasteiger partial charge on any atom is -0.381 e. The highest BCUT2D eigenvalue weighted by Crippen LogP contribution is 1.93. The first-order valence-electron chi connectivity index (χ1n) is 3.93. The Hall–Kier alpha value is -1.44. The first kappa shape index (κ1) is 9.65. The Balaban J connectivity index is 2.77. The molecule has 1 aromatic heterocycles. The van der Waals surface area contributed by atoms with Gasteiger partial charge < -0.3 is 10.8 Å². The molecule has 1 atom stereocenters. The topological polar surface area (TPSA) is 72.0 Å². The Morgan fingerprint density at radius 1 is 1.54 bits per heavy atom. The van der Waals surface area contributed by atoms with Crippen LogP contribution in [0, 0.1) is 11.8 Å². The van der Waals surface area contributed by atoms with E-state index in [0.717, 1.165) is 0 Å². The normalized spacial score (nSPS) is 11.6. The lowest BCUT2D eigenvalue weighted by Crippen LogP contribution is -2.02. The second-order valence-corrected chi connectivity index (χ2v) is 2.54. The van der Waals surface area contributed by atoms with Crippen molar-refractivity contribution in [2.45, 2.75) is 19.6 Å². The molecule has 3 N–H and O–H groups in total. The van der Waals surface area contributed by atoms with Gasteiger partial charge in [-0.15, -0.1) is 0 Å². The number of nitrogens with two attached hydrogens (primary N) is 1. The van der Waals surface area contributed by atoms with Crippen LogP contribution in [-0.2, 0) is 6.54 Å². The molecule has 0 aliphatic carbocycles. The summed E-state index contributed by atoms with van der Waals surface area (Å²) in [6, 6.07) is 0. The average molecular weight is 177 g/mol. The molecule has 68 valence electrons. The van der Waals surface area contributed by atoms with Gasteiger partial charge in [-0.3, -0.25) is 0 Å². The molecule has 0 saturated carbocycles. The molecule has 1 rings (SSSR count). The zero-order chi connectivity index (χ0) is 9.68. The number of hydrogen-bond donors (Lipinski definition) is 2. The van der Waals surface area contributed by atoms with Crippen LogP contribution in [0.2, 0.25) is 0 Å². The molecular weight excluding hydrogens is 166 g/mol. The standard InChI is InChI=1S/C9H11N3O/c1-7(13)2-3-8-5-11-9(4-10)12-6-8/h5-7,13H,4,10H2,1H3/t7-/m1/s1. The molecule has 1 heterocycles. The number of aromatic nitrogens is 2. The third-order valence-corrected chi connectivity index (χ3v) is 1.31. The monoisotopic (exact) mass is 177 g/mol. The molecular formula is C9H11N3O. The molecule has 0 saturated heterocycles. The van der Waals surface area contributed by atoms with Gasteiger partial charge in [-0.25, -0.2) is 9.97 Å². The van der Waals surface area contributed by atoms with E-state index in [1.165, 1.54) is 0 Å². The number of nitrogens with zero attached hydrogens (tertiary/aromatic N) is 2. The summed E-state index contributed by atoms with van der Waals surface area (Å²) in [5, 5.41) is 8.88. The Labute approximate surface area is 76.8 Å². The van der Waals surface area contributed by atoms with Crippen LogP contribution >= 0.6 is 0 Å². The zero-order valence-electron chi connectivity index (χ0n) is 7.36. The highest BCUT2D eigenvalue weighted by atomic mass is 16.3. The smallest absolute Gasteiger partial charge is 0.141 e. The van der Waals surface area contributed by atoms with E-state index in [9.17, 15) is 0 Å². The van der Waals surface area contributed by atoms with Gasteiger partial charge in [0, 0.05) is 12.4 Å². The van der Waals surface area contributed by atoms with Gasteiger partial charge >= 0.3 is 0 Å². The van der Waals surface area contributed by atoms with Crippen LogP contribution in [0.1, 0.15) is 18.3 Å². The first-order valence-corrected chi connectivity index (χ1v) is 3.93. The quantitative estimate of drug-likeness (QED) is 0.576. The zero-order valence-corrected chi connectivity index (χ0v) is 7.36. The molecule has 0 aliphatic heterocycles. The van der Waals surface area contributed by atoms with E-state index >= 15 is 0 Å². The summed E-state index contributed by atoms with van der Waals surface area (Å²) in [5.41, 5.74) is 6.00. The van der Waals surface area contributed by atoms with Crippen molar-refractivity contribution in [1.82, 2.24) is 9.97 Å². The van der Waals surface area contributed by atoms with Gasteiger partial charge in [0.1, 0.15) is 11.9 Å². The molecule has 0 spiro atoms. The van der Waals surface area contributed by atoms with Crippen molar-refractivity contribution < 1.29 is 5.11 Å².